The van der Waals surface area contributed by atoms with Gasteiger partial charge in [0.1, 0.15) is 4.60 Å². The van der Waals surface area contributed by atoms with Gasteiger partial charge in [-0.2, -0.15) is 0 Å². The molecule has 0 aliphatic carbocycles. The van der Waals surface area contributed by atoms with Gasteiger partial charge in [-0.3, -0.25) is 4.40 Å². The molecule has 2 N–H and O–H groups in total. The highest BCUT2D eigenvalue weighted by Crippen LogP contribution is 2.30. The average Bonchev–Trinajstić information content (AvgIpc) is 2.83. The molecule has 0 saturated heterocycles. The van der Waals surface area contributed by atoms with E-state index in [4.69, 9.17) is 17.3 Å². The van der Waals surface area contributed by atoms with E-state index in [-0.39, 0.29) is 0 Å². The number of fused-ring (bicyclic) bond motifs is 3. The van der Waals surface area contributed by atoms with E-state index in [1.54, 1.807) is 0 Å². The molecule has 0 aliphatic heterocycles. The van der Waals surface area contributed by atoms with Crippen molar-refractivity contribution in [3.05, 3.63) is 33.0 Å². The predicted octanol–water partition coefficient (Wildman–Crippen LogP) is 3.01. The van der Waals surface area contributed by atoms with Gasteiger partial charge in [-0.15, -0.1) is 0 Å². The summed E-state index contributed by atoms with van der Waals surface area (Å²) in [7, 11) is 1.96. The Morgan fingerprint density at radius 1 is 1.44 bits per heavy atom. The van der Waals surface area contributed by atoms with Crippen LogP contribution in [0.2, 0.25) is 5.02 Å². The summed E-state index contributed by atoms with van der Waals surface area (Å²) in [4.78, 5) is 4.66. The van der Waals surface area contributed by atoms with Crippen LogP contribution in [0.4, 0.5) is 0 Å². The lowest BCUT2D eigenvalue weighted by Crippen LogP contribution is -2.04. The van der Waals surface area contributed by atoms with E-state index in [9.17, 15) is 0 Å². The van der Waals surface area contributed by atoms with Gasteiger partial charge in [0.2, 0.25) is 5.78 Å². The van der Waals surface area contributed by atoms with Crippen LogP contribution in [0, 0.1) is 6.92 Å². The number of hydrogen-bond donors (Lipinski definition) is 1. The lowest BCUT2D eigenvalue weighted by atomic mass is 10.2. The number of nitrogens with two attached hydrogens (primary N) is 1. The molecule has 0 bridgehead atoms. The molecular formula is C12H12BrClN4. The van der Waals surface area contributed by atoms with Crippen molar-refractivity contribution in [1.82, 2.24) is 14.0 Å². The van der Waals surface area contributed by atoms with E-state index in [0.717, 1.165) is 37.7 Å². The van der Waals surface area contributed by atoms with Crippen molar-refractivity contribution < 1.29 is 0 Å². The van der Waals surface area contributed by atoms with Crippen LogP contribution in [0.15, 0.2) is 16.7 Å². The van der Waals surface area contributed by atoms with E-state index in [2.05, 4.69) is 25.3 Å². The fourth-order valence-electron chi connectivity index (χ4n) is 2.27. The molecule has 0 saturated carbocycles. The molecule has 0 unspecified atom stereocenters. The summed E-state index contributed by atoms with van der Waals surface area (Å²) in [6.07, 6.45) is 0. The van der Waals surface area contributed by atoms with Gasteiger partial charge in [-0.25, -0.2) is 4.98 Å². The first kappa shape index (κ1) is 12.0. The minimum Gasteiger partial charge on any atom is -0.325 e. The van der Waals surface area contributed by atoms with E-state index in [1.807, 2.05) is 30.7 Å². The molecule has 0 fully saturated rings. The third kappa shape index (κ3) is 1.38. The molecule has 3 rings (SSSR count). The van der Waals surface area contributed by atoms with Crippen molar-refractivity contribution in [2.75, 3.05) is 0 Å². The topological polar surface area (TPSA) is 48.2 Å². The molecule has 1 aromatic carbocycles. The largest absolute Gasteiger partial charge is 0.325 e. The van der Waals surface area contributed by atoms with Crippen molar-refractivity contribution in [3.8, 4) is 0 Å². The van der Waals surface area contributed by atoms with Crippen LogP contribution in [0.5, 0.6) is 0 Å². The molecule has 4 nitrogen and oxygen atoms in total. The maximum atomic E-state index is 6.13. The van der Waals surface area contributed by atoms with Gasteiger partial charge in [0.25, 0.3) is 0 Å². The summed E-state index contributed by atoms with van der Waals surface area (Å²) >= 11 is 9.73. The summed E-state index contributed by atoms with van der Waals surface area (Å²) in [6.45, 7) is 2.45. The number of benzene rings is 1. The summed E-state index contributed by atoms with van der Waals surface area (Å²) in [5.74, 6) is 0.864. The molecule has 0 radical (unpaired) electrons. The Labute approximate surface area is 117 Å². The van der Waals surface area contributed by atoms with Crippen molar-refractivity contribution in [1.29, 1.82) is 0 Å². The smallest absolute Gasteiger partial charge is 0.215 e. The van der Waals surface area contributed by atoms with E-state index in [0.29, 0.717) is 6.54 Å². The Balaban J connectivity index is 2.55. The maximum Gasteiger partial charge on any atom is 0.215 e. The first-order valence-electron chi connectivity index (χ1n) is 5.56. The Kier molecular flexibility index (Phi) is 2.66. The first-order valence-corrected chi connectivity index (χ1v) is 6.73. The Morgan fingerprint density at radius 3 is 2.83 bits per heavy atom. The van der Waals surface area contributed by atoms with Crippen molar-refractivity contribution >= 4 is 44.3 Å². The number of hydrogen-bond acceptors (Lipinski definition) is 2. The lowest BCUT2D eigenvalue weighted by Gasteiger charge is -2.01. The predicted molar refractivity (Wildman–Crippen MR) is 77.0 cm³/mol. The van der Waals surface area contributed by atoms with Gasteiger partial charge in [-0.1, -0.05) is 11.6 Å². The minimum atomic E-state index is 0.467. The quantitative estimate of drug-likeness (QED) is 0.747. The van der Waals surface area contributed by atoms with Gasteiger partial charge in [0.15, 0.2) is 0 Å². The highest BCUT2D eigenvalue weighted by molar-refractivity contribution is 9.10. The van der Waals surface area contributed by atoms with Crippen LogP contribution in [-0.2, 0) is 13.6 Å². The average molecular weight is 328 g/mol. The summed E-state index contributed by atoms with van der Waals surface area (Å²) in [6, 6.07) is 3.88. The second-order valence-corrected chi connectivity index (χ2v) is 5.45. The van der Waals surface area contributed by atoms with Crippen molar-refractivity contribution in [2.45, 2.75) is 13.5 Å². The fourth-order valence-corrected chi connectivity index (χ4v) is 3.20. The zero-order valence-corrected chi connectivity index (χ0v) is 12.4. The molecule has 0 atom stereocenters. The number of imidazole rings is 2. The second kappa shape index (κ2) is 3.98. The Hall–Kier alpha value is -1.04. The van der Waals surface area contributed by atoms with Gasteiger partial charge in [-0.05, 0) is 40.5 Å². The number of aryl methyl sites for hydroxylation is 2. The molecule has 0 amide bonds. The molecule has 3 aromatic rings. The van der Waals surface area contributed by atoms with E-state index < -0.39 is 0 Å². The molecule has 18 heavy (non-hydrogen) atoms. The number of aromatic nitrogens is 3. The first-order chi connectivity index (χ1) is 8.56. The van der Waals surface area contributed by atoms with Gasteiger partial charge >= 0.3 is 0 Å². The third-order valence-corrected chi connectivity index (χ3v) is 4.55. The molecule has 2 aromatic heterocycles. The molecular weight excluding hydrogens is 316 g/mol. The highest BCUT2D eigenvalue weighted by atomic mass is 79.9. The van der Waals surface area contributed by atoms with Crippen molar-refractivity contribution in [3.63, 3.8) is 0 Å². The standard InChI is InChI=1S/C12H12BrClN4/c1-6-7(14)3-4-8-10(6)16-12-17(2)9(5-15)11(13)18(8)12/h3-4H,5,15H2,1-2H3. The Morgan fingerprint density at radius 2 is 2.17 bits per heavy atom. The molecule has 2 heterocycles. The van der Waals surface area contributed by atoms with Crippen molar-refractivity contribution in [2.24, 2.45) is 12.8 Å². The van der Waals surface area contributed by atoms with Gasteiger partial charge in [0.05, 0.1) is 16.7 Å². The molecule has 0 aliphatic rings. The van der Waals surface area contributed by atoms with Crippen LogP contribution >= 0.6 is 27.5 Å². The summed E-state index contributed by atoms with van der Waals surface area (Å²) in [5.41, 5.74) is 9.74. The highest BCUT2D eigenvalue weighted by Gasteiger charge is 2.18. The van der Waals surface area contributed by atoms with Crippen LogP contribution < -0.4 is 5.73 Å². The molecule has 0 spiro atoms. The molecule has 6 heteroatoms. The summed E-state index contributed by atoms with van der Waals surface area (Å²) < 4.78 is 5.00. The third-order valence-electron chi connectivity index (χ3n) is 3.33. The Bertz CT molecular complexity index is 772. The second-order valence-electron chi connectivity index (χ2n) is 4.29. The van der Waals surface area contributed by atoms with Crippen LogP contribution in [0.3, 0.4) is 0 Å². The van der Waals surface area contributed by atoms with Crippen LogP contribution in [0.1, 0.15) is 11.3 Å². The van der Waals surface area contributed by atoms with E-state index in [1.165, 1.54) is 0 Å². The fraction of sp³-hybridized carbons (Fsp3) is 0.250. The zero-order chi connectivity index (χ0) is 13.0. The monoisotopic (exact) mass is 326 g/mol. The van der Waals surface area contributed by atoms with Crippen LogP contribution in [0.25, 0.3) is 16.8 Å². The number of halogens is 2. The zero-order valence-electron chi connectivity index (χ0n) is 10.0. The SMILES string of the molecule is Cc1c(Cl)ccc2c1nc1n(C)c(CN)c(Br)n21. The van der Waals surface area contributed by atoms with Gasteiger partial charge < -0.3 is 10.3 Å². The minimum absolute atomic E-state index is 0.467. The number of rotatable bonds is 1. The lowest BCUT2D eigenvalue weighted by molar-refractivity contribution is 0.836. The van der Waals surface area contributed by atoms with Crippen LogP contribution in [-0.4, -0.2) is 14.0 Å². The summed E-state index contributed by atoms with van der Waals surface area (Å²) in [5, 5.41) is 0.737. The number of nitrogens with zero attached hydrogens (tertiary/aromatic N) is 3. The maximum absolute atomic E-state index is 6.13. The van der Waals surface area contributed by atoms with E-state index >= 15 is 0 Å². The normalized spacial score (nSPS) is 11.8. The van der Waals surface area contributed by atoms with Gasteiger partial charge in [0, 0.05) is 18.6 Å². The molecule has 94 valence electrons.